The van der Waals surface area contributed by atoms with Crippen molar-refractivity contribution >= 4 is 21.9 Å². The molecule has 1 N–H and O–H groups in total. The molecule has 0 spiro atoms. The summed E-state index contributed by atoms with van der Waals surface area (Å²) in [6, 6.07) is 7.75. The Morgan fingerprint density at radius 1 is 1.24 bits per heavy atom. The third kappa shape index (κ3) is 2.97. The molecule has 0 fully saturated rings. The Hall–Kier alpha value is -1.75. The van der Waals surface area contributed by atoms with Crippen molar-refractivity contribution in [2.75, 3.05) is 0 Å². The molecule has 4 nitrogen and oxygen atoms in total. The van der Waals surface area contributed by atoms with Gasteiger partial charge in [0.25, 0.3) is 0 Å². The Labute approximate surface area is 131 Å². The van der Waals surface area contributed by atoms with E-state index < -0.39 is 11.9 Å². The van der Waals surface area contributed by atoms with E-state index in [0.29, 0.717) is 12.1 Å². The van der Waals surface area contributed by atoms with Crippen LogP contribution in [0.4, 0.5) is 0 Å². The first-order valence-corrected chi connectivity index (χ1v) is 7.74. The fourth-order valence-electron chi connectivity index (χ4n) is 2.84. The summed E-state index contributed by atoms with van der Waals surface area (Å²) >= 11 is 3.39. The second-order valence-corrected chi connectivity index (χ2v) is 6.17. The fraction of sp³-hybridized carbons (Fsp3) is 0.312. The van der Waals surface area contributed by atoms with Crippen molar-refractivity contribution in [2.45, 2.75) is 31.6 Å². The molecule has 1 unspecified atom stereocenters. The van der Waals surface area contributed by atoms with Crippen LogP contribution in [0.25, 0.3) is 0 Å². The van der Waals surface area contributed by atoms with Gasteiger partial charge in [-0.05, 0) is 48.9 Å². The monoisotopic (exact) mass is 346 g/mol. The summed E-state index contributed by atoms with van der Waals surface area (Å²) in [5.41, 5.74) is 3.74. The smallest absolute Gasteiger partial charge is 0.312 e. The minimum absolute atomic E-state index is 0.450. The number of aliphatic carboxylic acids is 1. The quantitative estimate of drug-likeness (QED) is 0.923. The van der Waals surface area contributed by atoms with Gasteiger partial charge in [0.05, 0.1) is 5.69 Å². The van der Waals surface area contributed by atoms with E-state index in [0.717, 1.165) is 40.6 Å². The van der Waals surface area contributed by atoms with Crippen LogP contribution in [-0.2, 0) is 24.1 Å². The third-order valence-corrected chi connectivity index (χ3v) is 4.42. The molecule has 1 aromatic carbocycles. The minimum atomic E-state index is -0.828. The van der Waals surface area contributed by atoms with Crippen molar-refractivity contribution in [1.82, 2.24) is 9.97 Å². The van der Waals surface area contributed by atoms with E-state index in [1.807, 2.05) is 24.3 Å². The largest absolute Gasteiger partial charge is 0.481 e. The average molecular weight is 347 g/mol. The first-order valence-electron chi connectivity index (χ1n) is 6.95. The maximum Gasteiger partial charge on any atom is 0.312 e. The number of rotatable bonds is 4. The predicted octanol–water partition coefficient (Wildman–Crippen LogP) is 3.14. The van der Waals surface area contributed by atoms with Gasteiger partial charge < -0.3 is 5.11 Å². The summed E-state index contributed by atoms with van der Waals surface area (Å²) < 4.78 is 0.987. The number of aryl methyl sites for hydroxylation is 1. The van der Waals surface area contributed by atoms with Gasteiger partial charge in [0, 0.05) is 10.2 Å². The minimum Gasteiger partial charge on any atom is -0.481 e. The Kier molecular flexibility index (Phi) is 4.01. The first-order chi connectivity index (χ1) is 10.1. The number of fused-ring (bicyclic) bond motifs is 1. The van der Waals surface area contributed by atoms with Gasteiger partial charge in [-0.25, -0.2) is 9.97 Å². The van der Waals surface area contributed by atoms with Gasteiger partial charge in [-0.1, -0.05) is 28.1 Å². The lowest BCUT2D eigenvalue weighted by molar-refractivity contribution is -0.138. The second-order valence-electron chi connectivity index (χ2n) is 5.26. The number of carboxylic acid groups (broad SMARTS) is 1. The zero-order valence-corrected chi connectivity index (χ0v) is 13.0. The van der Waals surface area contributed by atoms with Crippen molar-refractivity contribution in [3.63, 3.8) is 0 Å². The molecule has 0 saturated carbocycles. The maximum atomic E-state index is 11.7. The maximum absolute atomic E-state index is 11.7. The third-order valence-electron chi connectivity index (χ3n) is 3.89. The number of halogens is 1. The van der Waals surface area contributed by atoms with Crippen LogP contribution in [0.5, 0.6) is 0 Å². The molecule has 1 aliphatic carbocycles. The van der Waals surface area contributed by atoms with Crippen molar-refractivity contribution in [2.24, 2.45) is 0 Å². The van der Waals surface area contributed by atoms with Crippen LogP contribution in [0.3, 0.4) is 0 Å². The van der Waals surface area contributed by atoms with E-state index in [1.54, 1.807) is 0 Å². The summed E-state index contributed by atoms with van der Waals surface area (Å²) in [5, 5.41) is 9.60. The summed E-state index contributed by atoms with van der Waals surface area (Å²) in [4.78, 5) is 20.3. The topological polar surface area (TPSA) is 63.1 Å². The van der Waals surface area contributed by atoms with E-state index in [2.05, 4.69) is 25.9 Å². The normalized spacial score (nSPS) is 14.7. The molecule has 1 atom stereocenters. The molecule has 108 valence electrons. The lowest BCUT2D eigenvalue weighted by Gasteiger charge is -2.15. The Balaban J connectivity index is 1.94. The van der Waals surface area contributed by atoms with E-state index in [9.17, 15) is 9.90 Å². The van der Waals surface area contributed by atoms with Gasteiger partial charge >= 0.3 is 5.97 Å². The highest BCUT2D eigenvalue weighted by Crippen LogP contribution is 2.29. The van der Waals surface area contributed by atoms with E-state index in [-0.39, 0.29) is 0 Å². The van der Waals surface area contributed by atoms with Crippen molar-refractivity contribution in [1.29, 1.82) is 0 Å². The van der Waals surface area contributed by atoms with Gasteiger partial charge in [0.2, 0.25) is 0 Å². The number of aromatic nitrogens is 2. The van der Waals surface area contributed by atoms with Crippen LogP contribution >= 0.6 is 15.9 Å². The second kappa shape index (κ2) is 5.93. The molecular weight excluding hydrogens is 332 g/mol. The average Bonchev–Trinajstić information content (AvgIpc) is 2.95. The molecule has 1 heterocycles. The van der Waals surface area contributed by atoms with Crippen molar-refractivity contribution in [3.05, 3.63) is 57.6 Å². The zero-order chi connectivity index (χ0) is 14.8. The molecule has 0 bridgehead atoms. The molecule has 1 aromatic heterocycles. The molecular formula is C16H15BrN2O2. The number of hydrogen-bond donors (Lipinski definition) is 1. The van der Waals surface area contributed by atoms with E-state index in [4.69, 9.17) is 0 Å². The SMILES string of the molecule is O=C(O)C(Cc1ccc(Br)cc1)c1ncnc2c1CCC2. The first kappa shape index (κ1) is 14.2. The van der Waals surface area contributed by atoms with Crippen LogP contribution in [0.2, 0.25) is 0 Å². The van der Waals surface area contributed by atoms with Crippen LogP contribution in [0, 0.1) is 0 Å². The van der Waals surface area contributed by atoms with Crippen molar-refractivity contribution in [3.8, 4) is 0 Å². The van der Waals surface area contributed by atoms with Gasteiger partial charge in [-0.3, -0.25) is 4.79 Å². The highest BCUT2D eigenvalue weighted by molar-refractivity contribution is 9.10. The number of benzene rings is 1. The molecule has 0 aliphatic heterocycles. The number of hydrogen-bond acceptors (Lipinski definition) is 3. The van der Waals surface area contributed by atoms with Crippen LogP contribution in [0.15, 0.2) is 35.1 Å². The van der Waals surface area contributed by atoms with Gasteiger partial charge in [-0.15, -0.1) is 0 Å². The Morgan fingerprint density at radius 3 is 2.71 bits per heavy atom. The number of carboxylic acids is 1. The molecule has 21 heavy (non-hydrogen) atoms. The molecule has 0 radical (unpaired) electrons. The van der Waals surface area contributed by atoms with Crippen LogP contribution in [-0.4, -0.2) is 21.0 Å². The molecule has 2 aromatic rings. The zero-order valence-electron chi connectivity index (χ0n) is 11.4. The van der Waals surface area contributed by atoms with Gasteiger partial charge in [0.15, 0.2) is 0 Å². The number of carbonyl (C=O) groups is 1. The van der Waals surface area contributed by atoms with Gasteiger partial charge in [-0.2, -0.15) is 0 Å². The van der Waals surface area contributed by atoms with Crippen molar-refractivity contribution < 1.29 is 9.90 Å². The van der Waals surface area contributed by atoms with E-state index in [1.165, 1.54) is 6.33 Å². The van der Waals surface area contributed by atoms with Gasteiger partial charge in [0.1, 0.15) is 12.2 Å². The lowest BCUT2D eigenvalue weighted by Crippen LogP contribution is -2.18. The fourth-order valence-corrected chi connectivity index (χ4v) is 3.11. The highest BCUT2D eigenvalue weighted by atomic mass is 79.9. The van der Waals surface area contributed by atoms with Crippen LogP contribution < -0.4 is 0 Å². The Morgan fingerprint density at radius 2 is 2.00 bits per heavy atom. The summed E-state index contributed by atoms with van der Waals surface area (Å²) in [7, 11) is 0. The summed E-state index contributed by atoms with van der Waals surface area (Å²) in [6.07, 6.45) is 4.79. The molecule has 5 heteroatoms. The highest BCUT2D eigenvalue weighted by Gasteiger charge is 2.28. The molecule has 1 aliphatic rings. The summed E-state index contributed by atoms with van der Waals surface area (Å²) in [5.74, 6) is -1.44. The molecule has 3 rings (SSSR count). The van der Waals surface area contributed by atoms with E-state index >= 15 is 0 Å². The standard InChI is InChI=1S/C16H15BrN2O2/c17-11-6-4-10(5-7-11)8-13(16(20)21)15-12-2-1-3-14(12)18-9-19-15/h4-7,9,13H,1-3,8H2,(H,20,21). The summed E-state index contributed by atoms with van der Waals surface area (Å²) in [6.45, 7) is 0. The number of nitrogens with zero attached hydrogens (tertiary/aromatic N) is 2. The molecule has 0 saturated heterocycles. The van der Waals surface area contributed by atoms with Crippen LogP contribution in [0.1, 0.15) is 34.9 Å². The lowest BCUT2D eigenvalue weighted by atomic mass is 9.92. The predicted molar refractivity (Wildman–Crippen MR) is 82.3 cm³/mol. The molecule has 0 amide bonds. The Bertz CT molecular complexity index is 670.